The van der Waals surface area contributed by atoms with Crippen LogP contribution in [0.2, 0.25) is 0 Å². The number of nitrogens with zero attached hydrogens (tertiary/aromatic N) is 1. The number of piperidine rings is 1. The molecule has 186 valence electrons. The molecule has 2 unspecified atom stereocenters. The van der Waals surface area contributed by atoms with Crippen molar-refractivity contribution in [1.29, 1.82) is 0 Å². The summed E-state index contributed by atoms with van der Waals surface area (Å²) < 4.78 is 22.5. The highest BCUT2D eigenvalue weighted by Gasteiger charge is 2.44. The molecular formula is C29H29NO5S. The molecule has 3 aromatic carbocycles. The Bertz CT molecular complexity index is 1230. The number of hydrogen-bond donors (Lipinski definition) is 0. The third-order valence-electron chi connectivity index (χ3n) is 7.22. The summed E-state index contributed by atoms with van der Waals surface area (Å²) in [6, 6.07) is 22.3. The molecule has 2 saturated heterocycles. The van der Waals surface area contributed by atoms with Crippen molar-refractivity contribution in [3.8, 4) is 23.0 Å². The van der Waals surface area contributed by atoms with E-state index in [9.17, 15) is 4.79 Å². The molecule has 0 saturated carbocycles. The summed E-state index contributed by atoms with van der Waals surface area (Å²) in [4.78, 5) is 16.7. The van der Waals surface area contributed by atoms with Gasteiger partial charge in [-0.3, -0.25) is 4.79 Å². The second-order valence-electron chi connectivity index (χ2n) is 9.49. The number of carbonyl (C=O) groups is 1. The summed E-state index contributed by atoms with van der Waals surface area (Å²) >= 11 is 1.76. The van der Waals surface area contributed by atoms with Gasteiger partial charge in [0.15, 0.2) is 11.5 Å². The van der Waals surface area contributed by atoms with Gasteiger partial charge in [-0.1, -0.05) is 18.2 Å². The van der Waals surface area contributed by atoms with Gasteiger partial charge in [0.1, 0.15) is 17.6 Å². The number of benzene rings is 3. The molecule has 6 nitrogen and oxygen atoms in total. The van der Waals surface area contributed by atoms with Crippen LogP contribution >= 0.6 is 11.8 Å². The standard InChI is InChI=1S/C29H29NO5S/c1-32-23-3-2-4-26(15-23)36-17-19-5-7-20(8-6-19)29(31)30-21-9-10-22(30)14-25(13-21)35-24-11-12-27-28(16-24)34-18-33-27/h2-8,11-12,15-16,21-22,25H,9-10,13-14,17-18H2,1H3. The first-order chi connectivity index (χ1) is 17.7. The Morgan fingerprint density at radius 3 is 2.50 bits per heavy atom. The Labute approximate surface area is 215 Å². The van der Waals surface area contributed by atoms with Gasteiger partial charge in [-0.05, 0) is 60.9 Å². The SMILES string of the molecule is COc1cccc(SCc2ccc(C(=O)N3C4CCC3CC(Oc3ccc5c(c3)OCO5)C4)cc2)c1. The average molecular weight is 504 g/mol. The van der Waals surface area contributed by atoms with Crippen LogP contribution in [0.15, 0.2) is 71.6 Å². The van der Waals surface area contributed by atoms with Gasteiger partial charge in [0.2, 0.25) is 6.79 Å². The lowest BCUT2D eigenvalue weighted by molar-refractivity contribution is 0.0358. The number of ether oxygens (including phenoxy) is 4. The predicted octanol–water partition coefficient (Wildman–Crippen LogP) is 5.93. The minimum atomic E-state index is 0.0999. The van der Waals surface area contributed by atoms with Gasteiger partial charge in [0, 0.05) is 47.2 Å². The van der Waals surface area contributed by atoms with Crippen molar-refractivity contribution in [1.82, 2.24) is 4.90 Å². The lowest BCUT2D eigenvalue weighted by Gasteiger charge is -2.39. The van der Waals surface area contributed by atoms with Crippen LogP contribution < -0.4 is 18.9 Å². The van der Waals surface area contributed by atoms with E-state index in [-0.39, 0.29) is 30.9 Å². The third kappa shape index (κ3) is 4.72. The van der Waals surface area contributed by atoms with Crippen molar-refractivity contribution >= 4 is 17.7 Å². The van der Waals surface area contributed by atoms with E-state index in [1.165, 1.54) is 5.56 Å². The fraction of sp³-hybridized carbons (Fsp3) is 0.345. The molecule has 2 fully saturated rings. The number of thioether (sulfide) groups is 1. The van der Waals surface area contributed by atoms with Gasteiger partial charge >= 0.3 is 0 Å². The molecular weight excluding hydrogens is 474 g/mol. The molecule has 2 atom stereocenters. The molecule has 1 amide bonds. The van der Waals surface area contributed by atoms with Crippen molar-refractivity contribution in [2.75, 3.05) is 13.9 Å². The van der Waals surface area contributed by atoms with Crippen LogP contribution in [0.3, 0.4) is 0 Å². The monoisotopic (exact) mass is 503 g/mol. The lowest BCUT2D eigenvalue weighted by atomic mass is 9.98. The van der Waals surface area contributed by atoms with Crippen LogP contribution in [0.1, 0.15) is 41.6 Å². The number of fused-ring (bicyclic) bond motifs is 3. The van der Waals surface area contributed by atoms with E-state index in [1.54, 1.807) is 18.9 Å². The highest BCUT2D eigenvalue weighted by Crippen LogP contribution is 2.40. The molecule has 3 aromatic rings. The molecule has 3 aliphatic heterocycles. The Morgan fingerprint density at radius 1 is 0.944 bits per heavy atom. The largest absolute Gasteiger partial charge is 0.497 e. The Hall–Kier alpha value is -3.32. The third-order valence-corrected chi connectivity index (χ3v) is 8.28. The van der Waals surface area contributed by atoms with Gasteiger partial charge in [-0.2, -0.15) is 0 Å². The normalized spacial score (nSPS) is 21.9. The number of carbonyl (C=O) groups excluding carboxylic acids is 1. The first kappa shape index (κ1) is 23.1. The maximum absolute atomic E-state index is 13.5. The number of amides is 1. The van der Waals surface area contributed by atoms with E-state index in [0.717, 1.165) is 64.9 Å². The Kier molecular flexibility index (Phi) is 6.40. The molecule has 3 heterocycles. The molecule has 6 rings (SSSR count). The zero-order valence-corrected chi connectivity index (χ0v) is 21.0. The maximum atomic E-state index is 13.5. The number of hydrogen-bond acceptors (Lipinski definition) is 6. The van der Waals surface area contributed by atoms with Crippen molar-refractivity contribution in [2.45, 2.75) is 54.5 Å². The summed E-state index contributed by atoms with van der Waals surface area (Å²) in [6.07, 6.45) is 3.87. The zero-order valence-electron chi connectivity index (χ0n) is 20.2. The van der Waals surface area contributed by atoms with Crippen molar-refractivity contribution in [2.24, 2.45) is 0 Å². The van der Waals surface area contributed by atoms with Crippen molar-refractivity contribution in [3.63, 3.8) is 0 Å². The molecule has 0 spiro atoms. The minimum absolute atomic E-state index is 0.0999. The maximum Gasteiger partial charge on any atom is 0.254 e. The molecule has 7 heteroatoms. The quantitative estimate of drug-likeness (QED) is 0.373. The van der Waals surface area contributed by atoms with Crippen molar-refractivity contribution in [3.05, 3.63) is 77.9 Å². The molecule has 3 aliphatic rings. The Morgan fingerprint density at radius 2 is 1.72 bits per heavy atom. The molecule has 36 heavy (non-hydrogen) atoms. The Balaban J connectivity index is 1.06. The molecule has 0 aromatic heterocycles. The van der Waals surface area contributed by atoms with E-state index >= 15 is 0 Å². The predicted molar refractivity (Wildman–Crippen MR) is 138 cm³/mol. The first-order valence-electron chi connectivity index (χ1n) is 12.4. The average Bonchev–Trinajstić information content (AvgIpc) is 3.49. The van der Waals surface area contributed by atoms with Crippen LogP contribution in [0, 0.1) is 0 Å². The van der Waals surface area contributed by atoms with E-state index < -0.39 is 0 Å². The van der Waals surface area contributed by atoms with Gasteiger partial charge < -0.3 is 23.8 Å². The van der Waals surface area contributed by atoms with Gasteiger partial charge in [0.25, 0.3) is 5.91 Å². The number of rotatable bonds is 7. The van der Waals surface area contributed by atoms with Crippen LogP contribution in [-0.4, -0.2) is 42.9 Å². The highest BCUT2D eigenvalue weighted by molar-refractivity contribution is 7.98. The van der Waals surface area contributed by atoms with E-state index in [4.69, 9.17) is 18.9 Å². The van der Waals surface area contributed by atoms with Gasteiger partial charge in [-0.25, -0.2) is 0 Å². The highest BCUT2D eigenvalue weighted by atomic mass is 32.2. The topological polar surface area (TPSA) is 57.2 Å². The summed E-state index contributed by atoms with van der Waals surface area (Å²) in [5.74, 6) is 4.12. The minimum Gasteiger partial charge on any atom is -0.497 e. The van der Waals surface area contributed by atoms with E-state index in [2.05, 4.69) is 23.1 Å². The smallest absolute Gasteiger partial charge is 0.254 e. The van der Waals surface area contributed by atoms with Crippen molar-refractivity contribution < 1.29 is 23.7 Å². The van der Waals surface area contributed by atoms with Crippen LogP contribution in [0.25, 0.3) is 0 Å². The van der Waals surface area contributed by atoms with E-state index in [0.29, 0.717) is 0 Å². The lowest BCUT2D eigenvalue weighted by Crippen LogP contribution is -2.49. The van der Waals surface area contributed by atoms with Crippen LogP contribution in [0.4, 0.5) is 0 Å². The molecule has 0 aliphatic carbocycles. The fourth-order valence-electron chi connectivity index (χ4n) is 5.45. The fourth-order valence-corrected chi connectivity index (χ4v) is 6.35. The second-order valence-corrected chi connectivity index (χ2v) is 10.5. The van der Waals surface area contributed by atoms with Gasteiger partial charge in [0.05, 0.1) is 7.11 Å². The zero-order chi connectivity index (χ0) is 24.5. The van der Waals surface area contributed by atoms with Crippen LogP contribution in [-0.2, 0) is 5.75 Å². The van der Waals surface area contributed by atoms with E-state index in [1.807, 2.05) is 48.5 Å². The van der Waals surface area contributed by atoms with Gasteiger partial charge in [-0.15, -0.1) is 11.8 Å². The second kappa shape index (κ2) is 9.97. The molecule has 2 bridgehead atoms. The first-order valence-corrected chi connectivity index (χ1v) is 13.4. The van der Waals surface area contributed by atoms with Crippen LogP contribution in [0.5, 0.6) is 23.0 Å². The molecule has 0 N–H and O–H groups in total. The summed E-state index contributed by atoms with van der Waals surface area (Å²) in [6.45, 7) is 0.255. The number of methoxy groups -OCH3 is 1. The summed E-state index contributed by atoms with van der Waals surface area (Å²) in [5.41, 5.74) is 1.95. The molecule has 0 radical (unpaired) electrons. The summed E-state index contributed by atoms with van der Waals surface area (Å²) in [5, 5.41) is 0. The summed E-state index contributed by atoms with van der Waals surface area (Å²) in [7, 11) is 1.68.